The van der Waals surface area contributed by atoms with Gasteiger partial charge in [-0.2, -0.15) is 5.26 Å². The lowest BCUT2D eigenvalue weighted by atomic mass is 9.99. The fourth-order valence-corrected chi connectivity index (χ4v) is 1.77. The zero-order valence-electron chi connectivity index (χ0n) is 12.8. The van der Waals surface area contributed by atoms with Gasteiger partial charge in [0.15, 0.2) is 0 Å². The number of hydrogen-bond donors (Lipinski definition) is 0. The Hall–Kier alpha value is -1.81. The standard InChI is InChI=1S/C13H11N.C3H8.C2H6/c1-2-10-7-8-11(9-14)13-6-4-3-5-12(10)13;1-3-2;1-2/h3-8H,2H2,1H3;3H2,1-2H3;1-2H3. The van der Waals surface area contributed by atoms with Gasteiger partial charge in [-0.25, -0.2) is 0 Å². The summed E-state index contributed by atoms with van der Waals surface area (Å²) < 4.78 is 0. The third-order valence-electron chi connectivity index (χ3n) is 2.52. The van der Waals surface area contributed by atoms with Crippen molar-refractivity contribution >= 4 is 10.8 Å². The van der Waals surface area contributed by atoms with Crippen LogP contribution in [0.3, 0.4) is 0 Å². The van der Waals surface area contributed by atoms with Crippen molar-refractivity contribution in [2.24, 2.45) is 0 Å². The number of fused-ring (bicyclic) bond motifs is 1. The number of rotatable bonds is 1. The molecule has 0 saturated carbocycles. The molecule has 0 heterocycles. The Balaban J connectivity index is 0.000000573. The molecule has 2 aromatic rings. The fraction of sp³-hybridized carbons (Fsp3) is 0.389. The molecule has 0 fully saturated rings. The molecule has 0 unspecified atom stereocenters. The normalized spacial score (nSPS) is 8.63. The lowest BCUT2D eigenvalue weighted by Gasteiger charge is -2.04. The Morgan fingerprint density at radius 3 is 1.89 bits per heavy atom. The second kappa shape index (κ2) is 10.1. The van der Waals surface area contributed by atoms with Crippen LogP contribution < -0.4 is 0 Å². The van der Waals surface area contributed by atoms with Crippen LogP contribution in [0.25, 0.3) is 10.8 Å². The zero-order valence-corrected chi connectivity index (χ0v) is 12.8. The smallest absolute Gasteiger partial charge is 0.0998 e. The van der Waals surface area contributed by atoms with Crippen molar-refractivity contribution in [2.75, 3.05) is 0 Å². The van der Waals surface area contributed by atoms with Crippen LogP contribution in [0.2, 0.25) is 0 Å². The average molecular weight is 255 g/mol. The largest absolute Gasteiger partial charge is 0.192 e. The summed E-state index contributed by atoms with van der Waals surface area (Å²) in [6.07, 6.45) is 2.26. The number of nitrogens with zero attached hydrogens (tertiary/aromatic N) is 1. The lowest BCUT2D eigenvalue weighted by Crippen LogP contribution is -1.86. The van der Waals surface area contributed by atoms with Crippen LogP contribution in [-0.2, 0) is 6.42 Å². The highest BCUT2D eigenvalue weighted by Gasteiger charge is 2.02. The molecule has 0 aliphatic carbocycles. The molecule has 0 amide bonds. The fourth-order valence-electron chi connectivity index (χ4n) is 1.77. The molecule has 0 atom stereocenters. The Kier molecular flexibility index (Phi) is 9.18. The third kappa shape index (κ3) is 4.75. The summed E-state index contributed by atoms with van der Waals surface area (Å²) in [6, 6.07) is 14.2. The molecule has 0 spiro atoms. The first-order valence-corrected chi connectivity index (χ1v) is 7.19. The Morgan fingerprint density at radius 1 is 0.895 bits per heavy atom. The summed E-state index contributed by atoms with van der Waals surface area (Å²) in [7, 11) is 0. The molecule has 1 nitrogen and oxygen atoms in total. The van der Waals surface area contributed by atoms with Crippen molar-refractivity contribution < 1.29 is 0 Å². The second-order valence-electron chi connectivity index (χ2n) is 3.99. The molecule has 0 aliphatic rings. The van der Waals surface area contributed by atoms with Crippen molar-refractivity contribution in [3.05, 3.63) is 47.5 Å². The SMILES string of the molecule is CC.CCC.CCc1ccc(C#N)c2ccccc12. The van der Waals surface area contributed by atoms with Crippen LogP contribution >= 0.6 is 0 Å². The summed E-state index contributed by atoms with van der Waals surface area (Å²) in [5.41, 5.74) is 2.07. The minimum atomic E-state index is 0.762. The van der Waals surface area contributed by atoms with Crippen LogP contribution in [0.15, 0.2) is 36.4 Å². The molecular formula is C18H25N. The molecule has 19 heavy (non-hydrogen) atoms. The number of benzene rings is 2. The number of hydrogen-bond acceptors (Lipinski definition) is 1. The van der Waals surface area contributed by atoms with Crippen LogP contribution in [-0.4, -0.2) is 0 Å². The van der Waals surface area contributed by atoms with Crippen molar-refractivity contribution in [3.63, 3.8) is 0 Å². The van der Waals surface area contributed by atoms with E-state index in [1.807, 2.05) is 44.2 Å². The molecule has 0 aromatic heterocycles. The molecular weight excluding hydrogens is 230 g/mol. The third-order valence-corrected chi connectivity index (χ3v) is 2.52. The molecule has 2 rings (SSSR count). The van der Waals surface area contributed by atoms with E-state index in [1.54, 1.807) is 0 Å². The van der Waals surface area contributed by atoms with E-state index in [9.17, 15) is 0 Å². The lowest BCUT2D eigenvalue weighted by molar-refractivity contribution is 1.09. The van der Waals surface area contributed by atoms with E-state index in [4.69, 9.17) is 5.26 Å². The zero-order chi connectivity index (χ0) is 14.7. The van der Waals surface area contributed by atoms with Crippen molar-refractivity contribution in [1.82, 2.24) is 0 Å². The van der Waals surface area contributed by atoms with Gasteiger partial charge in [0.05, 0.1) is 11.6 Å². The van der Waals surface area contributed by atoms with Crippen LogP contribution in [0.4, 0.5) is 0 Å². The van der Waals surface area contributed by atoms with Gasteiger partial charge in [0.25, 0.3) is 0 Å². The van der Waals surface area contributed by atoms with Crippen molar-refractivity contribution in [2.45, 2.75) is 47.5 Å². The monoisotopic (exact) mass is 255 g/mol. The predicted molar refractivity (Wildman–Crippen MR) is 85.4 cm³/mol. The molecule has 0 bridgehead atoms. The molecule has 102 valence electrons. The van der Waals surface area contributed by atoms with E-state index in [0.29, 0.717) is 0 Å². The summed E-state index contributed by atoms with van der Waals surface area (Å²) >= 11 is 0. The van der Waals surface area contributed by atoms with Gasteiger partial charge in [-0.1, -0.05) is 71.4 Å². The Morgan fingerprint density at radius 2 is 1.42 bits per heavy atom. The van der Waals surface area contributed by atoms with Crippen molar-refractivity contribution in [3.8, 4) is 6.07 Å². The number of nitriles is 1. The first-order valence-electron chi connectivity index (χ1n) is 7.19. The summed E-state index contributed by atoms with van der Waals surface area (Å²) in [5, 5.41) is 11.2. The van der Waals surface area contributed by atoms with Crippen LogP contribution in [0.1, 0.15) is 52.2 Å². The first-order chi connectivity index (χ1) is 9.28. The summed E-state index contributed by atoms with van der Waals surface area (Å²) in [6.45, 7) is 10.4. The van der Waals surface area contributed by atoms with E-state index in [-0.39, 0.29) is 0 Å². The van der Waals surface area contributed by atoms with E-state index < -0.39 is 0 Å². The van der Waals surface area contributed by atoms with Gasteiger partial charge in [-0.15, -0.1) is 0 Å². The Bertz CT molecular complexity index is 521. The van der Waals surface area contributed by atoms with E-state index in [0.717, 1.165) is 17.4 Å². The van der Waals surface area contributed by atoms with E-state index in [1.165, 1.54) is 17.4 Å². The summed E-state index contributed by atoms with van der Waals surface area (Å²) in [5.74, 6) is 0. The summed E-state index contributed by atoms with van der Waals surface area (Å²) in [4.78, 5) is 0. The van der Waals surface area contributed by atoms with Gasteiger partial charge >= 0.3 is 0 Å². The van der Waals surface area contributed by atoms with Gasteiger partial charge in [0, 0.05) is 0 Å². The van der Waals surface area contributed by atoms with Crippen LogP contribution in [0, 0.1) is 11.3 Å². The number of aryl methyl sites for hydroxylation is 1. The minimum Gasteiger partial charge on any atom is -0.192 e. The predicted octanol–water partition coefficient (Wildman–Crippen LogP) is 5.72. The molecule has 0 radical (unpaired) electrons. The van der Waals surface area contributed by atoms with Gasteiger partial charge in [-0.05, 0) is 28.8 Å². The van der Waals surface area contributed by atoms with Gasteiger partial charge in [0.1, 0.15) is 0 Å². The molecule has 0 saturated heterocycles. The Labute approximate surface area is 117 Å². The maximum Gasteiger partial charge on any atom is 0.0998 e. The first kappa shape index (κ1) is 17.2. The van der Waals surface area contributed by atoms with E-state index in [2.05, 4.69) is 32.9 Å². The van der Waals surface area contributed by atoms with Crippen LogP contribution in [0.5, 0.6) is 0 Å². The topological polar surface area (TPSA) is 23.8 Å². The molecule has 0 N–H and O–H groups in total. The second-order valence-corrected chi connectivity index (χ2v) is 3.99. The molecule has 0 aliphatic heterocycles. The average Bonchev–Trinajstić information content (AvgIpc) is 2.49. The highest BCUT2D eigenvalue weighted by Crippen LogP contribution is 2.22. The van der Waals surface area contributed by atoms with Gasteiger partial charge in [0.2, 0.25) is 0 Å². The van der Waals surface area contributed by atoms with Gasteiger partial charge < -0.3 is 0 Å². The van der Waals surface area contributed by atoms with E-state index >= 15 is 0 Å². The quantitative estimate of drug-likeness (QED) is 0.639. The molecule has 2 aromatic carbocycles. The maximum absolute atomic E-state index is 8.95. The van der Waals surface area contributed by atoms with Crippen molar-refractivity contribution in [1.29, 1.82) is 5.26 Å². The maximum atomic E-state index is 8.95. The molecule has 1 heteroatoms. The highest BCUT2D eigenvalue weighted by molar-refractivity contribution is 5.90. The highest BCUT2D eigenvalue weighted by atomic mass is 14.2. The minimum absolute atomic E-state index is 0.762. The van der Waals surface area contributed by atoms with Gasteiger partial charge in [-0.3, -0.25) is 0 Å².